The number of aromatic nitrogens is 3. The number of carbonyl (C=O) groups is 1. The molecule has 1 aromatic heterocycles. The second kappa shape index (κ2) is 4.82. The summed E-state index contributed by atoms with van der Waals surface area (Å²) in [6.07, 6.45) is 5.24. The summed E-state index contributed by atoms with van der Waals surface area (Å²) in [5.41, 5.74) is 0.573. The van der Waals surface area contributed by atoms with E-state index in [2.05, 4.69) is 42.9 Å². The van der Waals surface area contributed by atoms with Crippen LogP contribution in [0.1, 0.15) is 69.8 Å². The summed E-state index contributed by atoms with van der Waals surface area (Å²) in [7, 11) is 0. The lowest BCUT2D eigenvalue weighted by Crippen LogP contribution is -2.38. The second-order valence-electron chi connectivity index (χ2n) is 8.00. The Bertz CT molecular complexity index is 550. The standard InChI is InChI=1S/C16H26N4O/c1-5-6-12-17-13(19-18-12)14(21)20-10-16(4)8-11(20)7-15(2,3)9-16/h11H,5-10H2,1-4H3,(H,17,18,19). The van der Waals surface area contributed by atoms with Crippen LogP contribution in [0.15, 0.2) is 0 Å². The molecule has 0 radical (unpaired) electrons. The van der Waals surface area contributed by atoms with Crippen molar-refractivity contribution in [3.05, 3.63) is 11.6 Å². The Morgan fingerprint density at radius 3 is 2.86 bits per heavy atom. The average molecular weight is 290 g/mol. The van der Waals surface area contributed by atoms with Crippen LogP contribution in [0.25, 0.3) is 0 Å². The summed E-state index contributed by atoms with van der Waals surface area (Å²) in [6.45, 7) is 9.89. The minimum atomic E-state index is 0.0000260. The molecule has 1 aromatic rings. The van der Waals surface area contributed by atoms with Crippen molar-refractivity contribution in [3.8, 4) is 0 Å². The summed E-state index contributed by atoms with van der Waals surface area (Å²) in [6, 6.07) is 0.347. The molecular weight excluding hydrogens is 264 g/mol. The molecule has 1 saturated carbocycles. The van der Waals surface area contributed by atoms with Gasteiger partial charge in [-0.3, -0.25) is 9.89 Å². The number of rotatable bonds is 3. The molecule has 21 heavy (non-hydrogen) atoms. The molecule has 3 rings (SSSR count). The molecule has 1 amide bonds. The molecule has 2 atom stereocenters. The first kappa shape index (κ1) is 14.5. The number of nitrogens with zero attached hydrogens (tertiary/aromatic N) is 3. The largest absolute Gasteiger partial charge is 0.332 e. The Labute approximate surface area is 126 Å². The maximum Gasteiger partial charge on any atom is 0.293 e. The Morgan fingerprint density at radius 1 is 1.38 bits per heavy atom. The zero-order valence-electron chi connectivity index (χ0n) is 13.6. The maximum atomic E-state index is 12.7. The SMILES string of the molecule is CCCc1nc(C(=O)N2CC3(C)CC2CC(C)(C)C3)n[nH]1. The van der Waals surface area contributed by atoms with Gasteiger partial charge in [-0.2, -0.15) is 0 Å². The summed E-state index contributed by atoms with van der Waals surface area (Å²) >= 11 is 0. The third kappa shape index (κ3) is 2.70. The molecule has 2 heterocycles. The number of nitrogens with one attached hydrogen (secondary N) is 1. The molecule has 5 nitrogen and oxygen atoms in total. The van der Waals surface area contributed by atoms with Gasteiger partial charge < -0.3 is 4.90 Å². The number of hydrogen-bond donors (Lipinski definition) is 1. The molecule has 1 aliphatic carbocycles. The Balaban J connectivity index is 1.79. The zero-order valence-corrected chi connectivity index (χ0v) is 13.6. The molecule has 1 N–H and O–H groups in total. The number of H-pyrrole nitrogens is 1. The molecule has 5 heteroatoms. The first-order chi connectivity index (χ1) is 9.82. The van der Waals surface area contributed by atoms with E-state index in [0.717, 1.165) is 38.1 Å². The number of amides is 1. The minimum Gasteiger partial charge on any atom is -0.332 e. The van der Waals surface area contributed by atoms with Crippen LogP contribution < -0.4 is 0 Å². The maximum absolute atomic E-state index is 12.7. The molecule has 2 bridgehead atoms. The number of aromatic amines is 1. The number of carbonyl (C=O) groups excluding carboxylic acids is 1. The highest BCUT2D eigenvalue weighted by Crippen LogP contribution is 2.52. The first-order valence-electron chi connectivity index (χ1n) is 8.04. The zero-order chi connectivity index (χ0) is 15.3. The Kier molecular flexibility index (Phi) is 3.34. The summed E-state index contributed by atoms with van der Waals surface area (Å²) in [5.74, 6) is 1.15. The van der Waals surface area contributed by atoms with Crippen LogP contribution in [0.3, 0.4) is 0 Å². The van der Waals surface area contributed by atoms with Crippen LogP contribution in [-0.4, -0.2) is 38.6 Å². The van der Waals surface area contributed by atoms with Crippen LogP contribution >= 0.6 is 0 Å². The highest BCUT2D eigenvalue weighted by atomic mass is 16.2. The Morgan fingerprint density at radius 2 is 2.14 bits per heavy atom. The van der Waals surface area contributed by atoms with E-state index in [1.54, 1.807) is 0 Å². The third-order valence-electron chi connectivity index (χ3n) is 4.89. The van der Waals surface area contributed by atoms with Crippen molar-refractivity contribution < 1.29 is 4.79 Å². The van der Waals surface area contributed by atoms with E-state index in [4.69, 9.17) is 0 Å². The van der Waals surface area contributed by atoms with Gasteiger partial charge in [0, 0.05) is 19.0 Å². The third-order valence-corrected chi connectivity index (χ3v) is 4.89. The quantitative estimate of drug-likeness (QED) is 0.931. The lowest BCUT2D eigenvalue weighted by molar-refractivity contribution is 0.0696. The van der Waals surface area contributed by atoms with Gasteiger partial charge >= 0.3 is 0 Å². The molecular formula is C16H26N4O. The van der Waals surface area contributed by atoms with Gasteiger partial charge in [-0.25, -0.2) is 4.98 Å². The smallest absolute Gasteiger partial charge is 0.293 e. The van der Waals surface area contributed by atoms with Crippen LogP contribution in [-0.2, 0) is 6.42 Å². The van der Waals surface area contributed by atoms with Crippen molar-refractivity contribution in [2.45, 2.75) is 65.8 Å². The molecule has 1 aliphatic heterocycles. The number of hydrogen-bond acceptors (Lipinski definition) is 3. The van der Waals surface area contributed by atoms with Crippen LogP contribution in [0.2, 0.25) is 0 Å². The van der Waals surface area contributed by atoms with Crippen molar-refractivity contribution in [3.63, 3.8) is 0 Å². The van der Waals surface area contributed by atoms with Gasteiger partial charge in [-0.05, 0) is 36.5 Å². The monoisotopic (exact) mass is 290 g/mol. The normalized spacial score (nSPS) is 30.7. The lowest BCUT2D eigenvalue weighted by atomic mass is 9.65. The second-order valence-corrected chi connectivity index (χ2v) is 8.00. The lowest BCUT2D eigenvalue weighted by Gasteiger charge is -2.39. The van der Waals surface area contributed by atoms with Gasteiger partial charge in [0.15, 0.2) is 0 Å². The summed E-state index contributed by atoms with van der Waals surface area (Å²) in [4.78, 5) is 19.1. The van der Waals surface area contributed by atoms with E-state index in [0.29, 0.717) is 17.3 Å². The van der Waals surface area contributed by atoms with Crippen molar-refractivity contribution in [1.82, 2.24) is 20.1 Å². The minimum absolute atomic E-state index is 0.0000260. The van der Waals surface area contributed by atoms with Crippen LogP contribution in [0.5, 0.6) is 0 Å². The molecule has 2 unspecified atom stereocenters. The fourth-order valence-electron chi connectivity index (χ4n) is 4.57. The number of fused-ring (bicyclic) bond motifs is 2. The van der Waals surface area contributed by atoms with Crippen molar-refractivity contribution in [2.24, 2.45) is 10.8 Å². The van der Waals surface area contributed by atoms with Gasteiger partial charge in [-0.15, -0.1) is 5.10 Å². The highest BCUT2D eigenvalue weighted by Gasteiger charge is 2.51. The highest BCUT2D eigenvalue weighted by molar-refractivity contribution is 5.91. The molecule has 116 valence electrons. The van der Waals surface area contributed by atoms with Crippen LogP contribution in [0.4, 0.5) is 0 Å². The van der Waals surface area contributed by atoms with Crippen molar-refractivity contribution >= 4 is 5.91 Å². The van der Waals surface area contributed by atoms with Gasteiger partial charge in [0.2, 0.25) is 5.82 Å². The topological polar surface area (TPSA) is 61.9 Å². The number of likely N-dealkylation sites (tertiary alicyclic amines) is 1. The van der Waals surface area contributed by atoms with Crippen molar-refractivity contribution in [2.75, 3.05) is 6.54 Å². The van der Waals surface area contributed by atoms with E-state index in [-0.39, 0.29) is 11.3 Å². The Hall–Kier alpha value is -1.39. The van der Waals surface area contributed by atoms with E-state index in [1.807, 2.05) is 4.90 Å². The summed E-state index contributed by atoms with van der Waals surface area (Å²) in [5, 5.41) is 7.01. The summed E-state index contributed by atoms with van der Waals surface area (Å²) < 4.78 is 0. The fourth-order valence-corrected chi connectivity index (χ4v) is 4.57. The van der Waals surface area contributed by atoms with Gasteiger partial charge in [0.25, 0.3) is 5.91 Å². The van der Waals surface area contributed by atoms with E-state index < -0.39 is 0 Å². The predicted octanol–water partition coefficient (Wildman–Crippen LogP) is 2.80. The van der Waals surface area contributed by atoms with Gasteiger partial charge in [-0.1, -0.05) is 27.7 Å². The average Bonchev–Trinajstić information content (AvgIpc) is 2.90. The van der Waals surface area contributed by atoms with Gasteiger partial charge in [0.1, 0.15) is 5.82 Å². The van der Waals surface area contributed by atoms with E-state index >= 15 is 0 Å². The first-order valence-corrected chi connectivity index (χ1v) is 8.04. The van der Waals surface area contributed by atoms with Crippen molar-refractivity contribution in [1.29, 1.82) is 0 Å². The molecule has 0 spiro atoms. The van der Waals surface area contributed by atoms with Gasteiger partial charge in [0.05, 0.1) is 0 Å². The molecule has 1 saturated heterocycles. The van der Waals surface area contributed by atoms with Crippen LogP contribution in [0, 0.1) is 10.8 Å². The van der Waals surface area contributed by atoms with E-state index in [1.165, 1.54) is 6.42 Å². The predicted molar refractivity (Wildman–Crippen MR) is 80.9 cm³/mol. The number of aryl methyl sites for hydroxylation is 1. The fraction of sp³-hybridized carbons (Fsp3) is 0.812. The molecule has 0 aromatic carbocycles. The van der Waals surface area contributed by atoms with E-state index in [9.17, 15) is 4.79 Å². The molecule has 2 fully saturated rings. The molecule has 2 aliphatic rings.